The van der Waals surface area contributed by atoms with Crippen molar-refractivity contribution in [3.8, 4) is 0 Å². The van der Waals surface area contributed by atoms with Crippen LogP contribution in [0.25, 0.3) is 0 Å². The molecule has 0 atom stereocenters. The van der Waals surface area contributed by atoms with Gasteiger partial charge in [0.15, 0.2) is 0 Å². The molecule has 1 N–H and O–H groups in total. The zero-order valence-electron chi connectivity index (χ0n) is 11.9. The first-order valence-electron chi connectivity index (χ1n) is 6.81. The predicted octanol–water partition coefficient (Wildman–Crippen LogP) is 0.801. The Balaban J connectivity index is 1.83. The second-order valence-electron chi connectivity index (χ2n) is 4.92. The molecule has 0 radical (unpaired) electrons. The quantitative estimate of drug-likeness (QED) is 0.753. The van der Waals surface area contributed by atoms with Crippen LogP contribution in [0.5, 0.6) is 0 Å². The number of amides is 1. The molecule has 0 aromatic heterocycles. The summed E-state index contributed by atoms with van der Waals surface area (Å²) in [6.07, 6.45) is 0.159. The van der Waals surface area contributed by atoms with E-state index in [2.05, 4.69) is 0 Å². The fourth-order valence-corrected chi connectivity index (χ4v) is 2.20. The van der Waals surface area contributed by atoms with E-state index < -0.39 is 5.97 Å². The number of carboxylic acids is 1. The van der Waals surface area contributed by atoms with Crippen molar-refractivity contribution < 1.29 is 24.2 Å². The topological polar surface area (TPSA) is 76.1 Å². The highest BCUT2D eigenvalue weighted by Crippen LogP contribution is 2.16. The maximum Gasteiger partial charge on any atom is 0.335 e. The molecule has 0 aliphatic carbocycles. The lowest BCUT2D eigenvalue weighted by molar-refractivity contribution is -0.145. The number of carbonyl (C=O) groups excluding carboxylic acids is 1. The summed E-state index contributed by atoms with van der Waals surface area (Å²) in [6.45, 7) is 2.16. The Kier molecular flexibility index (Phi) is 5.30. The monoisotopic (exact) mass is 293 g/mol. The van der Waals surface area contributed by atoms with Crippen LogP contribution in [0.4, 0.5) is 0 Å². The highest BCUT2D eigenvalue weighted by atomic mass is 16.5. The molecule has 0 saturated carbocycles. The van der Waals surface area contributed by atoms with Gasteiger partial charge in [0.2, 0.25) is 5.91 Å². The Labute approximate surface area is 123 Å². The van der Waals surface area contributed by atoms with Crippen molar-refractivity contribution in [3.05, 3.63) is 35.4 Å². The average Bonchev–Trinajstić information content (AvgIpc) is 2.41. The van der Waals surface area contributed by atoms with E-state index in [1.54, 1.807) is 30.2 Å². The van der Waals surface area contributed by atoms with Crippen LogP contribution >= 0.6 is 0 Å². The number of hydrogen-bond acceptors (Lipinski definition) is 4. The van der Waals surface area contributed by atoms with Gasteiger partial charge in [0.25, 0.3) is 0 Å². The highest BCUT2D eigenvalue weighted by Gasteiger charge is 2.31. The third kappa shape index (κ3) is 4.03. The van der Waals surface area contributed by atoms with E-state index in [0.717, 1.165) is 0 Å². The summed E-state index contributed by atoms with van der Waals surface area (Å²) in [5.41, 5.74) is 0.720. The van der Waals surface area contributed by atoms with Gasteiger partial charge in [0.05, 0.1) is 31.3 Å². The van der Waals surface area contributed by atoms with Crippen molar-refractivity contribution in [3.63, 3.8) is 0 Å². The van der Waals surface area contributed by atoms with Gasteiger partial charge in [-0.3, -0.25) is 4.79 Å². The van der Waals surface area contributed by atoms with E-state index in [-0.39, 0.29) is 24.0 Å². The minimum atomic E-state index is -1.01. The minimum Gasteiger partial charge on any atom is -0.478 e. The number of carbonyl (C=O) groups is 2. The van der Waals surface area contributed by atoms with Crippen LogP contribution < -0.4 is 0 Å². The summed E-state index contributed by atoms with van der Waals surface area (Å²) in [6, 6.07) is 6.58. The summed E-state index contributed by atoms with van der Waals surface area (Å²) in [7, 11) is 1.61. The SMILES string of the molecule is COCCOC1CN(C(=O)Cc2ccccc2C(=O)O)C1. The van der Waals surface area contributed by atoms with Crippen LogP contribution in [-0.4, -0.2) is 61.4 Å². The lowest BCUT2D eigenvalue weighted by Crippen LogP contribution is -2.55. The average molecular weight is 293 g/mol. The molecule has 114 valence electrons. The van der Waals surface area contributed by atoms with Gasteiger partial charge in [0.1, 0.15) is 0 Å². The number of likely N-dealkylation sites (tertiary alicyclic amines) is 1. The van der Waals surface area contributed by atoms with Gasteiger partial charge < -0.3 is 19.5 Å². The lowest BCUT2D eigenvalue weighted by Gasteiger charge is -2.39. The number of rotatable bonds is 7. The molecule has 6 nitrogen and oxygen atoms in total. The standard InChI is InChI=1S/C15H19NO5/c1-20-6-7-21-12-9-16(10-12)14(17)8-11-4-2-3-5-13(11)15(18)19/h2-5,12H,6-10H2,1H3,(H,18,19). The van der Waals surface area contributed by atoms with Gasteiger partial charge in [-0.05, 0) is 11.6 Å². The largest absolute Gasteiger partial charge is 0.478 e. The fourth-order valence-electron chi connectivity index (χ4n) is 2.20. The third-order valence-electron chi connectivity index (χ3n) is 3.43. The Morgan fingerprint density at radius 2 is 2.00 bits per heavy atom. The number of carboxylic acid groups (broad SMARTS) is 1. The molecule has 1 fully saturated rings. The van der Waals surface area contributed by atoms with E-state index in [9.17, 15) is 9.59 Å². The molecule has 21 heavy (non-hydrogen) atoms. The fraction of sp³-hybridized carbons (Fsp3) is 0.467. The summed E-state index contributed by atoms with van der Waals surface area (Å²) < 4.78 is 10.4. The second-order valence-corrected chi connectivity index (χ2v) is 4.92. The van der Waals surface area contributed by atoms with Gasteiger partial charge >= 0.3 is 5.97 Å². The van der Waals surface area contributed by atoms with Gasteiger partial charge in [-0.15, -0.1) is 0 Å². The number of aromatic carboxylic acids is 1. The Morgan fingerprint density at radius 1 is 1.29 bits per heavy atom. The Morgan fingerprint density at radius 3 is 2.67 bits per heavy atom. The summed E-state index contributed by atoms with van der Waals surface area (Å²) in [5, 5.41) is 9.09. The third-order valence-corrected chi connectivity index (χ3v) is 3.43. The van der Waals surface area contributed by atoms with Crippen molar-refractivity contribution >= 4 is 11.9 Å². The molecule has 0 bridgehead atoms. The van der Waals surface area contributed by atoms with E-state index in [1.165, 1.54) is 6.07 Å². The smallest absolute Gasteiger partial charge is 0.335 e. The molecule has 1 aromatic carbocycles. The summed E-state index contributed by atoms with van der Waals surface area (Å²) >= 11 is 0. The van der Waals surface area contributed by atoms with E-state index in [0.29, 0.717) is 31.9 Å². The van der Waals surface area contributed by atoms with Gasteiger partial charge in [-0.25, -0.2) is 4.79 Å². The molecule has 1 aromatic rings. The van der Waals surface area contributed by atoms with Crippen molar-refractivity contribution in [1.82, 2.24) is 4.90 Å². The number of hydrogen-bond donors (Lipinski definition) is 1. The molecule has 0 spiro atoms. The van der Waals surface area contributed by atoms with Crippen molar-refractivity contribution in [1.29, 1.82) is 0 Å². The van der Waals surface area contributed by atoms with Crippen molar-refractivity contribution in [2.75, 3.05) is 33.4 Å². The zero-order valence-corrected chi connectivity index (χ0v) is 11.9. The first-order valence-corrected chi connectivity index (χ1v) is 6.81. The zero-order chi connectivity index (χ0) is 15.2. The first-order chi connectivity index (χ1) is 10.1. The summed E-state index contributed by atoms with van der Waals surface area (Å²) in [5.74, 6) is -1.09. The van der Waals surface area contributed by atoms with Gasteiger partial charge in [0, 0.05) is 20.2 Å². The van der Waals surface area contributed by atoms with Gasteiger partial charge in [-0.2, -0.15) is 0 Å². The molecule has 2 rings (SSSR count). The van der Waals surface area contributed by atoms with Crippen molar-refractivity contribution in [2.45, 2.75) is 12.5 Å². The summed E-state index contributed by atoms with van der Waals surface area (Å²) in [4.78, 5) is 24.9. The molecular weight excluding hydrogens is 274 g/mol. The maximum atomic E-state index is 12.1. The molecule has 6 heteroatoms. The highest BCUT2D eigenvalue weighted by molar-refractivity contribution is 5.91. The molecule has 1 amide bonds. The molecule has 1 aliphatic heterocycles. The Hall–Kier alpha value is -1.92. The van der Waals surface area contributed by atoms with Crippen molar-refractivity contribution in [2.24, 2.45) is 0 Å². The van der Waals surface area contributed by atoms with Crippen LogP contribution in [0.1, 0.15) is 15.9 Å². The molecule has 1 aliphatic rings. The normalized spacial score (nSPS) is 14.8. The van der Waals surface area contributed by atoms with Crippen LogP contribution in [0.3, 0.4) is 0 Å². The van der Waals surface area contributed by atoms with Crippen LogP contribution in [0.2, 0.25) is 0 Å². The molecule has 1 saturated heterocycles. The van der Waals surface area contributed by atoms with Crippen LogP contribution in [-0.2, 0) is 20.7 Å². The number of ether oxygens (including phenoxy) is 2. The van der Waals surface area contributed by atoms with E-state index >= 15 is 0 Å². The predicted molar refractivity (Wildman–Crippen MR) is 75.3 cm³/mol. The minimum absolute atomic E-state index is 0.0545. The van der Waals surface area contributed by atoms with Crippen LogP contribution in [0, 0.1) is 0 Å². The molecular formula is C15H19NO5. The van der Waals surface area contributed by atoms with Gasteiger partial charge in [-0.1, -0.05) is 18.2 Å². The van der Waals surface area contributed by atoms with E-state index in [4.69, 9.17) is 14.6 Å². The Bertz CT molecular complexity index is 511. The molecule has 1 heterocycles. The second kappa shape index (κ2) is 7.19. The number of benzene rings is 1. The molecule has 0 unspecified atom stereocenters. The van der Waals surface area contributed by atoms with Crippen LogP contribution in [0.15, 0.2) is 24.3 Å². The van der Waals surface area contributed by atoms with E-state index in [1.807, 2.05) is 0 Å². The number of nitrogens with zero attached hydrogens (tertiary/aromatic N) is 1. The first kappa shape index (κ1) is 15.5. The lowest BCUT2D eigenvalue weighted by atomic mass is 10.0. The number of methoxy groups -OCH3 is 1. The maximum absolute atomic E-state index is 12.1.